The molecule has 1 aliphatic carbocycles. The minimum Gasteiger partial charge on any atom is -0.0622 e. The van der Waals surface area contributed by atoms with Crippen LogP contribution in [-0.2, 0) is 5.41 Å². The van der Waals surface area contributed by atoms with Gasteiger partial charge in [0.05, 0.1) is 5.41 Å². The van der Waals surface area contributed by atoms with Crippen molar-refractivity contribution in [3.63, 3.8) is 0 Å². The molecule has 11 aromatic carbocycles. The van der Waals surface area contributed by atoms with Gasteiger partial charge in [-0.15, -0.1) is 0 Å². The first-order valence-electron chi connectivity index (χ1n) is 19.9. The van der Waals surface area contributed by atoms with E-state index in [4.69, 9.17) is 0 Å². The van der Waals surface area contributed by atoms with Crippen LogP contribution in [0.1, 0.15) is 22.3 Å². The Labute approximate surface area is 332 Å². The summed E-state index contributed by atoms with van der Waals surface area (Å²) in [7, 11) is 0. The van der Waals surface area contributed by atoms with E-state index in [0.717, 1.165) is 0 Å². The Morgan fingerprint density at radius 2 is 0.754 bits per heavy atom. The Morgan fingerprint density at radius 3 is 1.46 bits per heavy atom. The molecular weight excluding hydrogens is 685 g/mol. The second-order valence-electron chi connectivity index (χ2n) is 15.6. The van der Waals surface area contributed by atoms with Crippen molar-refractivity contribution < 1.29 is 0 Å². The Hall–Kier alpha value is -7.28. The zero-order valence-corrected chi connectivity index (χ0v) is 31.3. The lowest BCUT2D eigenvalue weighted by atomic mass is 9.59. The molecule has 0 N–H and O–H groups in total. The van der Waals surface area contributed by atoms with Crippen LogP contribution >= 0.6 is 0 Å². The van der Waals surface area contributed by atoms with Gasteiger partial charge >= 0.3 is 0 Å². The fourth-order valence-corrected chi connectivity index (χ4v) is 10.3. The number of hydrogen-bond donors (Lipinski definition) is 0. The summed E-state index contributed by atoms with van der Waals surface area (Å²) in [6, 6.07) is 81.6. The molecule has 0 saturated carbocycles. The molecule has 0 radical (unpaired) electrons. The molecule has 0 bridgehead atoms. The highest BCUT2D eigenvalue weighted by Gasteiger charge is 2.44. The van der Waals surface area contributed by atoms with Gasteiger partial charge in [-0.1, -0.05) is 200 Å². The van der Waals surface area contributed by atoms with E-state index in [1.807, 2.05) is 0 Å². The summed E-state index contributed by atoms with van der Waals surface area (Å²) in [4.78, 5) is 0. The lowest BCUT2D eigenvalue weighted by Gasteiger charge is -2.42. The van der Waals surface area contributed by atoms with Crippen molar-refractivity contribution in [1.82, 2.24) is 0 Å². The second kappa shape index (κ2) is 12.4. The van der Waals surface area contributed by atoms with E-state index in [2.05, 4.69) is 218 Å². The van der Waals surface area contributed by atoms with Crippen molar-refractivity contribution in [3.05, 3.63) is 241 Å². The van der Waals surface area contributed by atoms with Gasteiger partial charge < -0.3 is 0 Å². The Bertz CT molecular complexity index is 3270. The van der Waals surface area contributed by atoms with Gasteiger partial charge in [0.25, 0.3) is 0 Å². The van der Waals surface area contributed by atoms with Crippen molar-refractivity contribution in [2.45, 2.75) is 5.41 Å². The van der Waals surface area contributed by atoms with Crippen LogP contribution in [0.15, 0.2) is 218 Å². The molecule has 0 aliphatic heterocycles. The van der Waals surface area contributed by atoms with E-state index in [9.17, 15) is 0 Å². The summed E-state index contributed by atoms with van der Waals surface area (Å²) in [5, 5.41) is 10.4. The van der Waals surface area contributed by atoms with Gasteiger partial charge in [0.2, 0.25) is 0 Å². The zero-order valence-electron chi connectivity index (χ0n) is 31.3. The summed E-state index contributed by atoms with van der Waals surface area (Å²) in [5.74, 6) is 0. The van der Waals surface area contributed by atoms with Gasteiger partial charge in [0, 0.05) is 0 Å². The molecular formula is C57H36. The van der Waals surface area contributed by atoms with E-state index >= 15 is 0 Å². The van der Waals surface area contributed by atoms with Gasteiger partial charge in [-0.25, -0.2) is 0 Å². The molecule has 0 heteroatoms. The van der Waals surface area contributed by atoms with Crippen molar-refractivity contribution in [1.29, 1.82) is 0 Å². The highest BCUT2D eigenvalue weighted by atomic mass is 14.4. The Morgan fingerprint density at radius 1 is 0.246 bits per heavy atom. The molecule has 0 spiro atoms. The molecule has 264 valence electrons. The van der Waals surface area contributed by atoms with Crippen molar-refractivity contribution in [2.75, 3.05) is 0 Å². The lowest BCUT2D eigenvalue weighted by molar-refractivity contribution is 0.750. The van der Waals surface area contributed by atoms with Crippen LogP contribution in [0.4, 0.5) is 0 Å². The number of benzene rings is 11. The van der Waals surface area contributed by atoms with Gasteiger partial charge in [-0.2, -0.15) is 0 Å². The largest absolute Gasteiger partial charge is 0.0713 e. The van der Waals surface area contributed by atoms with Crippen LogP contribution in [0.25, 0.3) is 87.6 Å². The molecule has 0 amide bonds. The molecule has 0 nitrogen and oxygen atoms in total. The molecule has 1 aliphatic rings. The summed E-state index contributed by atoms with van der Waals surface area (Å²) in [6.45, 7) is 0. The topological polar surface area (TPSA) is 0 Å². The molecule has 57 heavy (non-hydrogen) atoms. The van der Waals surface area contributed by atoms with Crippen LogP contribution in [0.3, 0.4) is 0 Å². The highest BCUT2D eigenvalue weighted by molar-refractivity contribution is 6.25. The SMILES string of the molecule is c1ccc(-c2cc(-c3ccc4c5c(cccc35)-c3ccccc3C4(c3ccccc3)c3ccccc3)cc(-c3ccc4ccc5cccc6ccc3c4c56)c2)cc1. The quantitative estimate of drug-likeness (QED) is 0.155. The Kier molecular flexibility index (Phi) is 6.94. The third kappa shape index (κ3) is 4.62. The van der Waals surface area contributed by atoms with E-state index in [1.165, 1.54) is 110 Å². The van der Waals surface area contributed by atoms with E-state index < -0.39 is 5.41 Å². The van der Waals surface area contributed by atoms with E-state index in [0.29, 0.717) is 0 Å². The minimum absolute atomic E-state index is 0.497. The fourth-order valence-electron chi connectivity index (χ4n) is 10.3. The normalized spacial score (nSPS) is 13.1. The summed E-state index contributed by atoms with van der Waals surface area (Å²) in [6.07, 6.45) is 0. The standard InChI is InChI=1S/C57H36/c1-4-14-37(15-5-1)41-34-42(46-30-28-40-27-26-38-16-12-17-39-29-31-51(46)55(40)54(38)39)36-43(35-41)47-32-33-53-56-49(47)23-13-24-50(56)48-22-10-11-25-52(48)57(53,44-18-6-2-7-19-44)45-20-8-3-9-21-45/h1-36H. The first kappa shape index (κ1) is 32.0. The molecule has 0 aromatic heterocycles. The van der Waals surface area contributed by atoms with Gasteiger partial charge in [-0.05, 0) is 128 Å². The van der Waals surface area contributed by atoms with Crippen LogP contribution in [0.2, 0.25) is 0 Å². The lowest BCUT2D eigenvalue weighted by Crippen LogP contribution is -2.33. The first-order chi connectivity index (χ1) is 28.3. The molecule has 11 aromatic rings. The molecule has 0 unspecified atom stereocenters. The number of fused-ring (bicyclic) bond motifs is 2. The maximum absolute atomic E-state index is 2.43. The molecule has 0 saturated heterocycles. The summed E-state index contributed by atoms with van der Waals surface area (Å²) < 4.78 is 0. The smallest absolute Gasteiger partial charge is 0.0622 e. The van der Waals surface area contributed by atoms with Gasteiger partial charge in [0.15, 0.2) is 0 Å². The third-order valence-electron chi connectivity index (χ3n) is 12.7. The van der Waals surface area contributed by atoms with Crippen molar-refractivity contribution >= 4 is 43.1 Å². The van der Waals surface area contributed by atoms with Crippen LogP contribution in [-0.4, -0.2) is 0 Å². The summed E-state index contributed by atoms with van der Waals surface area (Å²) >= 11 is 0. The van der Waals surface area contributed by atoms with Crippen molar-refractivity contribution in [2.24, 2.45) is 0 Å². The van der Waals surface area contributed by atoms with Crippen LogP contribution < -0.4 is 0 Å². The van der Waals surface area contributed by atoms with Crippen LogP contribution in [0, 0.1) is 0 Å². The predicted octanol–water partition coefficient (Wildman–Crippen LogP) is 15.1. The minimum atomic E-state index is -0.497. The average Bonchev–Trinajstić information content (AvgIpc) is 3.29. The predicted molar refractivity (Wildman–Crippen MR) is 241 cm³/mol. The molecule has 0 heterocycles. The second-order valence-corrected chi connectivity index (χ2v) is 15.6. The molecule has 0 fully saturated rings. The Balaban J connectivity index is 1.16. The van der Waals surface area contributed by atoms with E-state index in [1.54, 1.807) is 0 Å². The number of hydrogen-bond acceptors (Lipinski definition) is 0. The van der Waals surface area contributed by atoms with Crippen LogP contribution in [0.5, 0.6) is 0 Å². The van der Waals surface area contributed by atoms with Gasteiger partial charge in [-0.3, -0.25) is 0 Å². The highest BCUT2D eigenvalue weighted by Crippen LogP contribution is 2.56. The van der Waals surface area contributed by atoms with Gasteiger partial charge in [0.1, 0.15) is 0 Å². The third-order valence-corrected chi connectivity index (χ3v) is 12.7. The molecule has 12 rings (SSSR count). The maximum atomic E-state index is 2.43. The monoisotopic (exact) mass is 720 g/mol. The van der Waals surface area contributed by atoms with Crippen molar-refractivity contribution in [3.8, 4) is 44.5 Å². The molecule has 0 atom stereocenters. The average molecular weight is 721 g/mol. The fraction of sp³-hybridized carbons (Fsp3) is 0.0175. The first-order valence-corrected chi connectivity index (χ1v) is 19.9. The van der Waals surface area contributed by atoms with E-state index in [-0.39, 0.29) is 0 Å². The zero-order chi connectivity index (χ0) is 37.5. The summed E-state index contributed by atoms with van der Waals surface area (Å²) in [5.41, 5.74) is 14.6. The number of rotatable bonds is 5. The maximum Gasteiger partial charge on any atom is 0.0713 e.